The fourth-order valence-corrected chi connectivity index (χ4v) is 8.26. The van der Waals surface area contributed by atoms with Crippen LogP contribution in [-0.4, -0.2) is 8.42 Å². The highest BCUT2D eigenvalue weighted by molar-refractivity contribution is 7.89. The molecule has 0 atom stereocenters. The van der Waals surface area contributed by atoms with Crippen molar-refractivity contribution < 1.29 is 17.3 Å². The Hall–Kier alpha value is -5.13. The SMILES string of the molecule is O=S1(=O)Cc2cc(-c3cccc4oc5ccccc5c34)ccc2-c2cc(-c3ccc4c(c3)oc3ccccc34)ccc2C1. The Kier molecular flexibility index (Phi) is 5.08. The monoisotopic (exact) mass is 576 g/mol. The van der Waals surface area contributed by atoms with Gasteiger partial charge in [0.2, 0.25) is 0 Å². The summed E-state index contributed by atoms with van der Waals surface area (Å²) in [5, 5.41) is 4.27. The van der Waals surface area contributed by atoms with E-state index in [4.69, 9.17) is 8.83 Å². The van der Waals surface area contributed by atoms with E-state index in [9.17, 15) is 8.42 Å². The molecule has 1 aliphatic rings. The predicted molar refractivity (Wildman–Crippen MR) is 174 cm³/mol. The van der Waals surface area contributed by atoms with Crippen LogP contribution in [0.4, 0.5) is 0 Å². The minimum atomic E-state index is -3.37. The van der Waals surface area contributed by atoms with Gasteiger partial charge in [0.15, 0.2) is 9.84 Å². The number of para-hydroxylation sites is 2. The lowest BCUT2D eigenvalue weighted by Crippen LogP contribution is -2.05. The van der Waals surface area contributed by atoms with Crippen molar-refractivity contribution in [1.82, 2.24) is 0 Å². The minimum Gasteiger partial charge on any atom is -0.456 e. The Morgan fingerprint density at radius 1 is 0.442 bits per heavy atom. The minimum absolute atomic E-state index is 0.00670. The van der Waals surface area contributed by atoms with Gasteiger partial charge in [-0.3, -0.25) is 0 Å². The topological polar surface area (TPSA) is 60.4 Å². The molecular formula is C38H24O4S. The van der Waals surface area contributed by atoms with Gasteiger partial charge in [-0.05, 0) is 87.0 Å². The summed E-state index contributed by atoms with van der Waals surface area (Å²) < 4.78 is 39.0. The van der Waals surface area contributed by atoms with Crippen molar-refractivity contribution in [3.05, 3.63) is 132 Å². The highest BCUT2D eigenvalue weighted by Crippen LogP contribution is 2.42. The van der Waals surface area contributed by atoms with Gasteiger partial charge in [-0.15, -0.1) is 0 Å². The van der Waals surface area contributed by atoms with Crippen molar-refractivity contribution in [1.29, 1.82) is 0 Å². The fourth-order valence-electron chi connectivity index (χ4n) is 6.72. The molecule has 43 heavy (non-hydrogen) atoms. The van der Waals surface area contributed by atoms with Gasteiger partial charge in [-0.25, -0.2) is 8.42 Å². The molecule has 8 aromatic rings. The van der Waals surface area contributed by atoms with E-state index >= 15 is 0 Å². The van der Waals surface area contributed by atoms with Crippen molar-refractivity contribution >= 4 is 53.7 Å². The van der Waals surface area contributed by atoms with Gasteiger partial charge >= 0.3 is 0 Å². The van der Waals surface area contributed by atoms with Crippen LogP contribution in [0.3, 0.4) is 0 Å². The molecule has 9 rings (SSSR count). The van der Waals surface area contributed by atoms with Crippen molar-refractivity contribution in [2.75, 3.05) is 0 Å². The summed E-state index contributed by atoms with van der Waals surface area (Å²) in [6.07, 6.45) is 0. The molecule has 0 saturated heterocycles. The largest absolute Gasteiger partial charge is 0.456 e. The first kappa shape index (κ1) is 24.5. The summed E-state index contributed by atoms with van der Waals surface area (Å²) in [7, 11) is -3.37. The molecule has 206 valence electrons. The molecule has 0 amide bonds. The molecule has 0 fully saturated rings. The van der Waals surface area contributed by atoms with E-state index in [1.165, 1.54) is 0 Å². The molecule has 0 N–H and O–H groups in total. The summed E-state index contributed by atoms with van der Waals surface area (Å²) in [5.74, 6) is 0.00439. The number of furan rings is 2. The van der Waals surface area contributed by atoms with E-state index in [1.807, 2.05) is 66.7 Å². The van der Waals surface area contributed by atoms with E-state index in [0.29, 0.717) is 0 Å². The molecule has 1 aliphatic heterocycles. The average molecular weight is 577 g/mol. The molecule has 0 radical (unpaired) electrons. The van der Waals surface area contributed by atoms with E-state index in [1.54, 1.807) is 0 Å². The summed E-state index contributed by atoms with van der Waals surface area (Å²) in [4.78, 5) is 0. The van der Waals surface area contributed by atoms with E-state index in [0.717, 1.165) is 88.4 Å². The first-order valence-electron chi connectivity index (χ1n) is 14.3. The molecule has 0 bridgehead atoms. The van der Waals surface area contributed by atoms with E-state index in [2.05, 4.69) is 54.6 Å². The zero-order valence-corrected chi connectivity index (χ0v) is 23.8. The molecule has 2 aromatic heterocycles. The maximum Gasteiger partial charge on any atom is 0.158 e. The number of sulfone groups is 1. The molecule has 0 aliphatic carbocycles. The van der Waals surface area contributed by atoms with Crippen LogP contribution >= 0.6 is 0 Å². The van der Waals surface area contributed by atoms with E-state index < -0.39 is 9.84 Å². The third-order valence-corrected chi connectivity index (χ3v) is 10.2. The van der Waals surface area contributed by atoms with E-state index in [-0.39, 0.29) is 11.5 Å². The summed E-state index contributed by atoms with van der Waals surface area (Å²) in [6, 6.07) is 40.8. The second-order valence-corrected chi connectivity index (χ2v) is 13.4. The Morgan fingerprint density at radius 2 is 1.09 bits per heavy atom. The van der Waals surface area contributed by atoms with Crippen LogP contribution in [0, 0.1) is 0 Å². The predicted octanol–water partition coefficient (Wildman–Crippen LogP) is 9.91. The summed E-state index contributed by atoms with van der Waals surface area (Å²) in [6.45, 7) is 0. The number of hydrogen-bond donors (Lipinski definition) is 0. The van der Waals surface area contributed by atoms with Gasteiger partial charge in [0.25, 0.3) is 0 Å². The molecule has 0 unspecified atom stereocenters. The van der Waals surface area contributed by atoms with Crippen LogP contribution < -0.4 is 0 Å². The van der Waals surface area contributed by atoms with Crippen LogP contribution in [0.5, 0.6) is 0 Å². The highest BCUT2D eigenvalue weighted by Gasteiger charge is 2.25. The number of hydrogen-bond acceptors (Lipinski definition) is 4. The number of fused-ring (bicyclic) bond motifs is 9. The fraction of sp³-hybridized carbons (Fsp3) is 0.0526. The molecule has 4 nitrogen and oxygen atoms in total. The highest BCUT2D eigenvalue weighted by atomic mass is 32.2. The molecular weight excluding hydrogens is 552 g/mol. The van der Waals surface area contributed by atoms with Crippen molar-refractivity contribution in [2.24, 2.45) is 0 Å². The number of benzene rings is 6. The average Bonchev–Trinajstić information content (AvgIpc) is 3.55. The lowest BCUT2D eigenvalue weighted by molar-refractivity contribution is 0.595. The van der Waals surface area contributed by atoms with Gasteiger partial charge in [0.05, 0.1) is 11.5 Å². The van der Waals surface area contributed by atoms with Gasteiger partial charge in [-0.1, -0.05) is 78.9 Å². The first-order valence-corrected chi connectivity index (χ1v) is 16.1. The Labute approximate surface area is 247 Å². The number of rotatable bonds is 2. The first-order chi connectivity index (χ1) is 21.0. The summed E-state index contributed by atoms with van der Waals surface area (Å²) in [5.41, 5.74) is 10.9. The zero-order valence-electron chi connectivity index (χ0n) is 23.0. The van der Waals surface area contributed by atoms with Gasteiger partial charge in [-0.2, -0.15) is 0 Å². The zero-order chi connectivity index (χ0) is 28.7. The molecule has 0 spiro atoms. The standard InChI is InChI=1S/C38H24O4S/c39-43(40)21-26-13-12-23(24-14-17-31-30-6-1-3-9-34(30)42-37(31)20-24)19-33(26)28-16-15-25(18-27(28)22-43)29-8-5-11-36-38(29)32-7-2-4-10-35(32)41-36/h1-20H,21-22H2. The van der Waals surface area contributed by atoms with Crippen LogP contribution in [0.15, 0.2) is 130 Å². The summed E-state index contributed by atoms with van der Waals surface area (Å²) >= 11 is 0. The Morgan fingerprint density at radius 3 is 1.98 bits per heavy atom. The third kappa shape index (κ3) is 3.85. The quantitative estimate of drug-likeness (QED) is 0.205. The van der Waals surface area contributed by atoms with Crippen LogP contribution in [0.2, 0.25) is 0 Å². The second kappa shape index (κ2) is 8.93. The Bertz CT molecular complexity index is 2530. The van der Waals surface area contributed by atoms with Crippen LogP contribution in [-0.2, 0) is 21.3 Å². The van der Waals surface area contributed by atoms with Gasteiger partial charge < -0.3 is 8.83 Å². The van der Waals surface area contributed by atoms with Crippen molar-refractivity contribution in [2.45, 2.75) is 11.5 Å². The molecule has 5 heteroatoms. The van der Waals surface area contributed by atoms with Gasteiger partial charge in [0, 0.05) is 21.5 Å². The maximum absolute atomic E-state index is 13.3. The lowest BCUT2D eigenvalue weighted by atomic mass is 9.90. The molecule has 3 heterocycles. The smallest absolute Gasteiger partial charge is 0.158 e. The molecule has 0 saturated carbocycles. The van der Waals surface area contributed by atoms with Crippen LogP contribution in [0.1, 0.15) is 11.1 Å². The lowest BCUT2D eigenvalue weighted by Gasteiger charge is -2.13. The molecule has 6 aromatic carbocycles. The maximum atomic E-state index is 13.3. The second-order valence-electron chi connectivity index (χ2n) is 11.4. The Balaban J connectivity index is 1.21. The van der Waals surface area contributed by atoms with Crippen molar-refractivity contribution in [3.63, 3.8) is 0 Å². The van der Waals surface area contributed by atoms with Gasteiger partial charge in [0.1, 0.15) is 22.3 Å². The third-order valence-electron chi connectivity index (χ3n) is 8.68. The van der Waals surface area contributed by atoms with Crippen molar-refractivity contribution in [3.8, 4) is 33.4 Å². The normalized spacial score (nSPS) is 14.2. The van der Waals surface area contributed by atoms with Crippen LogP contribution in [0.25, 0.3) is 77.3 Å².